The molecule has 0 radical (unpaired) electrons. The van der Waals surface area contributed by atoms with Gasteiger partial charge in [0.2, 0.25) is 5.91 Å². The first kappa shape index (κ1) is 21.9. The summed E-state index contributed by atoms with van der Waals surface area (Å²) >= 11 is 0. The minimum atomic E-state index is -0.00829. The third kappa shape index (κ3) is 3.95. The fraction of sp³-hybridized carbons (Fsp3) is 0.375. The standard InChI is InChI=1S/C24H28N8O2/c1-15(2)32-24(26-16(3)28-32)20-13-30-8-9-34-21-10-17(6-7-19(21)23(30)27-20)18-11-25-31(12-18)14-22(33)29(4)5/h6-7,10-13,15H,8-9,14H2,1-5H3. The van der Waals surface area contributed by atoms with Crippen molar-refractivity contribution in [3.05, 3.63) is 42.6 Å². The van der Waals surface area contributed by atoms with Gasteiger partial charge >= 0.3 is 0 Å². The molecule has 4 heterocycles. The molecule has 176 valence electrons. The van der Waals surface area contributed by atoms with Gasteiger partial charge in [0.15, 0.2) is 5.82 Å². The third-order valence-corrected chi connectivity index (χ3v) is 5.81. The molecular formula is C24H28N8O2. The van der Waals surface area contributed by atoms with Gasteiger partial charge in [-0.3, -0.25) is 9.48 Å². The SMILES string of the molecule is Cc1nc(-c2cn3c(n2)-c2ccc(-c4cnn(CC(=O)N(C)C)c4)cc2OCC3)n(C(C)C)n1. The maximum atomic E-state index is 12.0. The Morgan fingerprint density at radius 2 is 1.97 bits per heavy atom. The molecule has 0 aliphatic carbocycles. The van der Waals surface area contributed by atoms with E-state index in [1.807, 2.05) is 42.2 Å². The Balaban J connectivity index is 1.48. The summed E-state index contributed by atoms with van der Waals surface area (Å²) in [6.45, 7) is 7.49. The highest BCUT2D eigenvalue weighted by molar-refractivity contribution is 5.76. The highest BCUT2D eigenvalue weighted by Gasteiger charge is 2.23. The summed E-state index contributed by atoms with van der Waals surface area (Å²) in [6, 6.07) is 6.25. The highest BCUT2D eigenvalue weighted by Crippen LogP contribution is 2.36. The van der Waals surface area contributed by atoms with Gasteiger partial charge < -0.3 is 14.2 Å². The molecule has 5 rings (SSSR count). The first-order valence-corrected chi connectivity index (χ1v) is 11.3. The molecule has 10 heteroatoms. The van der Waals surface area contributed by atoms with Crippen LogP contribution in [-0.4, -0.2) is 65.6 Å². The van der Waals surface area contributed by atoms with Crippen LogP contribution in [0.5, 0.6) is 5.75 Å². The highest BCUT2D eigenvalue weighted by atomic mass is 16.5. The molecule has 3 aromatic heterocycles. The van der Waals surface area contributed by atoms with Crippen molar-refractivity contribution in [3.63, 3.8) is 0 Å². The molecule has 4 aromatic rings. The first-order valence-electron chi connectivity index (χ1n) is 11.3. The molecule has 0 saturated heterocycles. The Hall–Kier alpha value is -3.95. The van der Waals surface area contributed by atoms with E-state index in [4.69, 9.17) is 9.72 Å². The van der Waals surface area contributed by atoms with Crippen molar-refractivity contribution in [1.29, 1.82) is 0 Å². The van der Waals surface area contributed by atoms with Gasteiger partial charge in [-0.25, -0.2) is 14.6 Å². The van der Waals surface area contributed by atoms with Gasteiger partial charge in [-0.15, -0.1) is 0 Å². The second-order valence-electron chi connectivity index (χ2n) is 8.94. The van der Waals surface area contributed by atoms with Gasteiger partial charge in [-0.05, 0) is 38.5 Å². The molecule has 10 nitrogen and oxygen atoms in total. The number of hydrogen-bond acceptors (Lipinski definition) is 6. The van der Waals surface area contributed by atoms with Crippen LogP contribution in [0.2, 0.25) is 0 Å². The topological polar surface area (TPSA) is 95.9 Å². The molecule has 0 spiro atoms. The summed E-state index contributed by atoms with van der Waals surface area (Å²) in [6.07, 6.45) is 5.66. The summed E-state index contributed by atoms with van der Waals surface area (Å²) in [4.78, 5) is 23.1. The second kappa shape index (κ2) is 8.44. The van der Waals surface area contributed by atoms with Crippen LogP contribution >= 0.6 is 0 Å². The minimum absolute atomic E-state index is 0.00829. The van der Waals surface area contributed by atoms with Gasteiger partial charge in [-0.1, -0.05) is 6.07 Å². The number of carbonyl (C=O) groups is 1. The van der Waals surface area contributed by atoms with Crippen LogP contribution in [0.3, 0.4) is 0 Å². The summed E-state index contributed by atoms with van der Waals surface area (Å²) in [5, 5.41) is 8.87. The smallest absolute Gasteiger partial charge is 0.243 e. The van der Waals surface area contributed by atoms with Crippen LogP contribution in [0, 0.1) is 6.92 Å². The van der Waals surface area contributed by atoms with E-state index in [1.165, 1.54) is 0 Å². The number of aromatic nitrogens is 7. The molecule has 0 fully saturated rings. The molecule has 1 aliphatic heterocycles. The summed E-state index contributed by atoms with van der Waals surface area (Å²) < 4.78 is 11.8. The van der Waals surface area contributed by atoms with Crippen LogP contribution in [0.1, 0.15) is 25.7 Å². The number of fused-ring (bicyclic) bond motifs is 3. The zero-order valence-corrected chi connectivity index (χ0v) is 20.1. The fourth-order valence-electron chi connectivity index (χ4n) is 4.01. The van der Waals surface area contributed by atoms with Crippen molar-refractivity contribution in [3.8, 4) is 39.8 Å². The van der Waals surface area contributed by atoms with Gasteiger partial charge in [0, 0.05) is 38.1 Å². The Labute approximate surface area is 197 Å². The number of rotatable bonds is 5. The molecule has 1 aliphatic rings. The Kier molecular flexibility index (Phi) is 5.43. The van der Waals surface area contributed by atoms with E-state index in [1.54, 1.807) is 29.9 Å². The van der Waals surface area contributed by atoms with Crippen molar-refractivity contribution in [1.82, 2.24) is 39.0 Å². The van der Waals surface area contributed by atoms with E-state index in [2.05, 4.69) is 33.6 Å². The zero-order valence-electron chi connectivity index (χ0n) is 20.1. The number of aryl methyl sites for hydroxylation is 1. The monoisotopic (exact) mass is 460 g/mol. The molecule has 0 atom stereocenters. The number of benzene rings is 1. The van der Waals surface area contributed by atoms with Gasteiger partial charge in [-0.2, -0.15) is 10.2 Å². The van der Waals surface area contributed by atoms with Crippen molar-refractivity contribution >= 4 is 5.91 Å². The number of amides is 1. The lowest BCUT2D eigenvalue weighted by molar-refractivity contribution is -0.129. The summed E-state index contributed by atoms with van der Waals surface area (Å²) in [7, 11) is 3.47. The molecule has 0 unspecified atom stereocenters. The van der Waals surface area contributed by atoms with Crippen molar-refractivity contribution in [2.24, 2.45) is 0 Å². The maximum Gasteiger partial charge on any atom is 0.243 e. The van der Waals surface area contributed by atoms with E-state index in [0.717, 1.165) is 45.6 Å². The van der Waals surface area contributed by atoms with E-state index in [9.17, 15) is 4.79 Å². The lowest BCUT2D eigenvalue weighted by Gasteiger charge is -2.10. The van der Waals surface area contributed by atoms with Gasteiger partial charge in [0.05, 0.1) is 18.3 Å². The quantitative estimate of drug-likeness (QED) is 0.454. The van der Waals surface area contributed by atoms with Crippen LogP contribution < -0.4 is 4.74 Å². The van der Waals surface area contributed by atoms with Gasteiger partial charge in [0.1, 0.15) is 36.2 Å². The van der Waals surface area contributed by atoms with E-state index < -0.39 is 0 Å². The van der Waals surface area contributed by atoms with Crippen LogP contribution in [-0.2, 0) is 17.9 Å². The second-order valence-corrected chi connectivity index (χ2v) is 8.94. The Bertz CT molecular complexity index is 1360. The van der Waals surface area contributed by atoms with E-state index >= 15 is 0 Å². The molecule has 0 saturated carbocycles. The maximum absolute atomic E-state index is 12.0. The summed E-state index contributed by atoms with van der Waals surface area (Å²) in [5.74, 6) is 3.11. The predicted octanol–water partition coefficient (Wildman–Crippen LogP) is 3.04. The zero-order chi connectivity index (χ0) is 24.0. The average molecular weight is 461 g/mol. The third-order valence-electron chi connectivity index (χ3n) is 5.81. The van der Waals surface area contributed by atoms with Crippen molar-refractivity contribution in [2.45, 2.75) is 39.9 Å². The largest absolute Gasteiger partial charge is 0.491 e. The number of carbonyl (C=O) groups excluding carboxylic acids is 1. The number of hydrogen-bond donors (Lipinski definition) is 0. The minimum Gasteiger partial charge on any atom is -0.491 e. The Morgan fingerprint density at radius 3 is 2.74 bits per heavy atom. The number of nitrogens with zero attached hydrogens (tertiary/aromatic N) is 8. The van der Waals surface area contributed by atoms with Crippen LogP contribution in [0.25, 0.3) is 34.0 Å². The van der Waals surface area contributed by atoms with Crippen molar-refractivity contribution in [2.75, 3.05) is 20.7 Å². The molecular weight excluding hydrogens is 432 g/mol. The molecule has 0 bridgehead atoms. The normalized spacial score (nSPS) is 12.8. The lowest BCUT2D eigenvalue weighted by atomic mass is 10.1. The fourth-order valence-corrected chi connectivity index (χ4v) is 4.01. The number of likely N-dealkylation sites (N-methyl/N-ethyl adjacent to an activating group) is 1. The molecule has 34 heavy (non-hydrogen) atoms. The molecule has 1 aromatic carbocycles. The average Bonchev–Trinajstić information content (AvgIpc) is 3.50. The Morgan fingerprint density at radius 1 is 1.15 bits per heavy atom. The van der Waals surface area contributed by atoms with Gasteiger partial charge in [0.25, 0.3) is 0 Å². The summed E-state index contributed by atoms with van der Waals surface area (Å²) in [5.41, 5.74) is 3.62. The van der Waals surface area contributed by atoms with E-state index in [-0.39, 0.29) is 18.5 Å². The van der Waals surface area contributed by atoms with E-state index in [0.29, 0.717) is 13.2 Å². The lowest BCUT2D eigenvalue weighted by Crippen LogP contribution is -2.26. The first-order chi connectivity index (χ1) is 16.3. The number of imidazole rings is 1. The van der Waals surface area contributed by atoms with Crippen LogP contribution in [0.15, 0.2) is 36.8 Å². The molecule has 0 N–H and O–H groups in total. The number of ether oxygens (including phenoxy) is 1. The predicted molar refractivity (Wildman–Crippen MR) is 127 cm³/mol. The van der Waals surface area contributed by atoms with Crippen molar-refractivity contribution < 1.29 is 9.53 Å². The van der Waals surface area contributed by atoms with Crippen LogP contribution in [0.4, 0.5) is 0 Å². The molecule has 1 amide bonds.